The molecule has 2 aromatic rings. The van der Waals surface area contributed by atoms with Crippen molar-refractivity contribution in [2.45, 2.75) is 0 Å². The Hall–Kier alpha value is -2.31. The maximum Gasteiger partial charge on any atom is 0.322 e. The maximum absolute atomic E-state index is 13.5. The number of carboxylic acid groups (broad SMARTS) is 1. The smallest absolute Gasteiger partial charge is 0.322 e. The Morgan fingerprint density at radius 2 is 2.00 bits per heavy atom. The minimum atomic E-state index is -1.57. The molecule has 0 saturated carbocycles. The third kappa shape index (κ3) is 2.06. The van der Waals surface area contributed by atoms with Crippen molar-refractivity contribution >= 4 is 22.6 Å². The highest BCUT2D eigenvalue weighted by Crippen LogP contribution is 2.26. The lowest BCUT2D eigenvalue weighted by Crippen LogP contribution is -2.13. The first kappa shape index (κ1) is 12.2. The van der Waals surface area contributed by atoms with Crippen molar-refractivity contribution < 1.29 is 23.1 Å². The lowest BCUT2D eigenvalue weighted by molar-refractivity contribution is -0.134. The highest BCUT2D eigenvalue weighted by atomic mass is 19.2. The van der Waals surface area contributed by atoms with Crippen molar-refractivity contribution in [3.05, 3.63) is 35.8 Å². The number of hydrogen-bond acceptors (Lipinski definition) is 3. The molecule has 0 fully saturated rings. The molecule has 94 valence electrons. The van der Waals surface area contributed by atoms with Crippen LogP contribution in [0.4, 0.5) is 19.0 Å². The summed E-state index contributed by atoms with van der Waals surface area (Å²) in [7, 11) is 0. The standard InChI is InChI=1S/C11H7F3N2O2/c12-7-3-6-5(9(13)10(7)14)1-2-15-11(6)16-4-8(17)18/h1-3H,4H2,(H,15,16)(H,17,18). The van der Waals surface area contributed by atoms with E-state index in [-0.39, 0.29) is 16.6 Å². The van der Waals surface area contributed by atoms with Crippen molar-refractivity contribution in [2.75, 3.05) is 11.9 Å². The Kier molecular flexibility index (Phi) is 3.05. The summed E-state index contributed by atoms with van der Waals surface area (Å²) in [4.78, 5) is 14.2. The Morgan fingerprint density at radius 1 is 1.28 bits per heavy atom. The Balaban J connectivity index is 2.59. The van der Waals surface area contributed by atoms with Gasteiger partial charge in [0.15, 0.2) is 17.5 Å². The summed E-state index contributed by atoms with van der Waals surface area (Å²) in [6.07, 6.45) is 1.17. The fraction of sp³-hybridized carbons (Fsp3) is 0.0909. The average molecular weight is 256 g/mol. The number of carboxylic acids is 1. The first-order chi connectivity index (χ1) is 8.50. The van der Waals surface area contributed by atoms with E-state index in [0.29, 0.717) is 0 Å². The summed E-state index contributed by atoms with van der Waals surface area (Å²) in [5.74, 6) is -5.43. The van der Waals surface area contributed by atoms with Crippen LogP contribution in [0.25, 0.3) is 10.8 Å². The van der Waals surface area contributed by atoms with Gasteiger partial charge in [0.05, 0.1) is 0 Å². The van der Waals surface area contributed by atoms with E-state index in [1.54, 1.807) is 0 Å². The number of anilines is 1. The number of aliphatic carboxylic acids is 1. The summed E-state index contributed by atoms with van der Waals surface area (Å²) in [5.41, 5.74) is 0. The molecule has 0 saturated heterocycles. The monoisotopic (exact) mass is 256 g/mol. The lowest BCUT2D eigenvalue weighted by Gasteiger charge is -2.08. The van der Waals surface area contributed by atoms with E-state index < -0.39 is 30.0 Å². The number of rotatable bonds is 3. The van der Waals surface area contributed by atoms with Gasteiger partial charge in [0, 0.05) is 17.0 Å². The third-order valence-corrected chi connectivity index (χ3v) is 2.31. The number of nitrogens with zero attached hydrogens (tertiary/aromatic N) is 1. The van der Waals surface area contributed by atoms with Gasteiger partial charge in [0.2, 0.25) is 0 Å². The Bertz CT molecular complexity index is 631. The molecule has 0 radical (unpaired) electrons. The second-order valence-corrected chi connectivity index (χ2v) is 3.49. The van der Waals surface area contributed by atoms with Gasteiger partial charge in [-0.25, -0.2) is 18.2 Å². The number of fused-ring (bicyclic) bond motifs is 1. The Labute approximate surface area is 99.1 Å². The normalized spacial score (nSPS) is 10.6. The van der Waals surface area contributed by atoms with Gasteiger partial charge in [0.25, 0.3) is 0 Å². The molecule has 7 heteroatoms. The maximum atomic E-state index is 13.5. The van der Waals surface area contributed by atoms with Gasteiger partial charge in [0.1, 0.15) is 12.4 Å². The van der Waals surface area contributed by atoms with Crippen LogP contribution in [0.3, 0.4) is 0 Å². The largest absolute Gasteiger partial charge is 0.480 e. The van der Waals surface area contributed by atoms with Crippen molar-refractivity contribution in [1.82, 2.24) is 4.98 Å². The third-order valence-electron chi connectivity index (χ3n) is 2.31. The van der Waals surface area contributed by atoms with E-state index >= 15 is 0 Å². The number of halogens is 3. The molecule has 1 aromatic heterocycles. The zero-order chi connectivity index (χ0) is 13.3. The highest BCUT2D eigenvalue weighted by Gasteiger charge is 2.16. The SMILES string of the molecule is O=C(O)CNc1nccc2c(F)c(F)c(F)cc12. The number of hydrogen-bond donors (Lipinski definition) is 2. The molecule has 2 N–H and O–H groups in total. The van der Waals surface area contributed by atoms with E-state index in [1.807, 2.05) is 0 Å². The zero-order valence-corrected chi connectivity index (χ0v) is 8.88. The fourth-order valence-electron chi connectivity index (χ4n) is 1.52. The second-order valence-electron chi connectivity index (χ2n) is 3.49. The van der Waals surface area contributed by atoms with Crippen LogP contribution in [0.15, 0.2) is 18.3 Å². The number of benzene rings is 1. The van der Waals surface area contributed by atoms with Gasteiger partial charge in [-0.2, -0.15) is 0 Å². The van der Waals surface area contributed by atoms with Crippen LogP contribution >= 0.6 is 0 Å². The lowest BCUT2D eigenvalue weighted by atomic mass is 10.1. The molecule has 0 spiro atoms. The van der Waals surface area contributed by atoms with E-state index in [1.165, 1.54) is 12.3 Å². The molecule has 2 rings (SSSR count). The summed E-state index contributed by atoms with van der Waals surface area (Å²) >= 11 is 0. The number of carbonyl (C=O) groups is 1. The molecular weight excluding hydrogens is 249 g/mol. The van der Waals surface area contributed by atoms with Gasteiger partial charge in [-0.1, -0.05) is 0 Å². The summed E-state index contributed by atoms with van der Waals surface area (Å²) in [6, 6.07) is 1.95. The van der Waals surface area contributed by atoms with Crippen LogP contribution in [0.2, 0.25) is 0 Å². The van der Waals surface area contributed by atoms with Crippen molar-refractivity contribution in [1.29, 1.82) is 0 Å². The molecule has 18 heavy (non-hydrogen) atoms. The molecule has 1 heterocycles. The van der Waals surface area contributed by atoms with Crippen LogP contribution in [-0.4, -0.2) is 22.6 Å². The minimum absolute atomic E-state index is 0.0184. The number of aromatic nitrogens is 1. The van der Waals surface area contributed by atoms with Crippen LogP contribution in [0.5, 0.6) is 0 Å². The molecule has 4 nitrogen and oxygen atoms in total. The zero-order valence-electron chi connectivity index (χ0n) is 8.88. The van der Waals surface area contributed by atoms with E-state index in [4.69, 9.17) is 5.11 Å². The highest BCUT2D eigenvalue weighted by molar-refractivity contribution is 5.93. The molecular formula is C11H7F3N2O2. The van der Waals surface area contributed by atoms with Crippen molar-refractivity contribution in [2.24, 2.45) is 0 Å². The summed E-state index contributed by atoms with van der Waals surface area (Å²) < 4.78 is 39.6. The predicted molar refractivity (Wildman–Crippen MR) is 57.7 cm³/mol. The molecule has 0 aliphatic heterocycles. The minimum Gasteiger partial charge on any atom is -0.480 e. The Morgan fingerprint density at radius 3 is 2.67 bits per heavy atom. The van der Waals surface area contributed by atoms with E-state index in [0.717, 1.165) is 6.07 Å². The van der Waals surface area contributed by atoms with E-state index in [9.17, 15) is 18.0 Å². The average Bonchev–Trinajstić information content (AvgIpc) is 2.34. The van der Waals surface area contributed by atoms with Gasteiger partial charge in [-0.05, 0) is 12.1 Å². The predicted octanol–water partition coefficient (Wildman–Crippen LogP) is 2.15. The molecule has 0 unspecified atom stereocenters. The second kappa shape index (κ2) is 4.52. The topological polar surface area (TPSA) is 62.2 Å². The summed E-state index contributed by atoms with van der Waals surface area (Å²) in [6.45, 7) is -0.466. The molecule has 0 aliphatic rings. The van der Waals surface area contributed by atoms with Gasteiger partial charge in [-0.3, -0.25) is 4.79 Å². The van der Waals surface area contributed by atoms with Crippen LogP contribution in [0, 0.1) is 17.5 Å². The fourth-order valence-corrected chi connectivity index (χ4v) is 1.52. The van der Waals surface area contributed by atoms with Gasteiger partial charge >= 0.3 is 5.97 Å². The first-order valence-electron chi connectivity index (χ1n) is 4.88. The first-order valence-corrected chi connectivity index (χ1v) is 4.88. The van der Waals surface area contributed by atoms with Crippen molar-refractivity contribution in [3.63, 3.8) is 0 Å². The van der Waals surface area contributed by atoms with E-state index in [2.05, 4.69) is 10.3 Å². The van der Waals surface area contributed by atoms with Crippen LogP contribution in [0.1, 0.15) is 0 Å². The molecule has 0 atom stereocenters. The number of pyridine rings is 1. The molecule has 0 aliphatic carbocycles. The van der Waals surface area contributed by atoms with Crippen molar-refractivity contribution in [3.8, 4) is 0 Å². The molecule has 0 amide bonds. The molecule has 1 aromatic carbocycles. The number of nitrogens with one attached hydrogen (secondary N) is 1. The quantitative estimate of drug-likeness (QED) is 0.826. The van der Waals surface area contributed by atoms with Gasteiger partial charge in [-0.15, -0.1) is 0 Å². The summed E-state index contributed by atoms with van der Waals surface area (Å²) in [5, 5.41) is 10.7. The van der Waals surface area contributed by atoms with Crippen LogP contribution < -0.4 is 5.32 Å². The molecule has 0 bridgehead atoms. The van der Waals surface area contributed by atoms with Crippen LogP contribution in [-0.2, 0) is 4.79 Å². The van der Waals surface area contributed by atoms with Gasteiger partial charge < -0.3 is 10.4 Å².